The van der Waals surface area contributed by atoms with Crippen molar-refractivity contribution in [3.8, 4) is 5.75 Å². The third-order valence-electron chi connectivity index (χ3n) is 3.96. The van der Waals surface area contributed by atoms with Crippen molar-refractivity contribution in [2.24, 2.45) is 0 Å². The molecule has 0 spiro atoms. The molecule has 2 heterocycles. The highest BCUT2D eigenvalue weighted by molar-refractivity contribution is 8.01. The van der Waals surface area contributed by atoms with Gasteiger partial charge >= 0.3 is 5.97 Å². The maximum atomic E-state index is 13.0. The number of ether oxygens (including phenoxy) is 2. The zero-order valence-electron chi connectivity index (χ0n) is 15.9. The van der Waals surface area contributed by atoms with Gasteiger partial charge in [-0.15, -0.1) is 23.1 Å². The quantitative estimate of drug-likeness (QED) is 0.254. The van der Waals surface area contributed by atoms with Gasteiger partial charge in [-0.3, -0.25) is 9.59 Å². The highest BCUT2D eigenvalue weighted by Crippen LogP contribution is 2.23. The Labute approximate surface area is 182 Å². The average Bonchev–Trinajstić information content (AvgIpc) is 3.44. The molecule has 0 saturated carbocycles. The van der Waals surface area contributed by atoms with Crippen LogP contribution in [0, 0.1) is 0 Å². The number of hydrogen-bond donors (Lipinski definition) is 0. The van der Waals surface area contributed by atoms with E-state index in [-0.39, 0.29) is 12.5 Å². The Balaban J connectivity index is 1.62. The zero-order valence-corrected chi connectivity index (χ0v) is 18.4. The van der Waals surface area contributed by atoms with Crippen molar-refractivity contribution in [3.63, 3.8) is 0 Å². The van der Waals surface area contributed by atoms with Gasteiger partial charge < -0.3 is 14.4 Å². The Hall–Kier alpha value is -2.29. The van der Waals surface area contributed by atoms with Crippen LogP contribution in [0.3, 0.4) is 0 Å². The summed E-state index contributed by atoms with van der Waals surface area (Å²) in [6.45, 7) is 0.786. The summed E-state index contributed by atoms with van der Waals surface area (Å²) >= 11 is 5.00. The minimum absolute atomic E-state index is 0.103. The van der Waals surface area contributed by atoms with Crippen LogP contribution in [0.1, 0.15) is 15.9 Å². The minimum atomic E-state index is -0.452. The van der Waals surface area contributed by atoms with Crippen LogP contribution in [0.15, 0.2) is 62.8 Å². The van der Waals surface area contributed by atoms with Gasteiger partial charge in [0.2, 0.25) is 0 Å². The zero-order chi connectivity index (χ0) is 20.5. The van der Waals surface area contributed by atoms with E-state index in [0.29, 0.717) is 24.5 Å². The molecule has 0 saturated heterocycles. The SMILES string of the molecule is COC(=O)CN(Cc1ccsc1)C(=O)c1cccc(OCCSc2cccs2)c1. The van der Waals surface area contributed by atoms with E-state index < -0.39 is 5.97 Å². The highest BCUT2D eigenvalue weighted by atomic mass is 32.2. The van der Waals surface area contributed by atoms with E-state index in [1.165, 1.54) is 16.2 Å². The number of thiophene rings is 2. The summed E-state index contributed by atoms with van der Waals surface area (Å²) in [6.07, 6.45) is 0. The molecule has 2 aromatic heterocycles. The molecule has 0 unspecified atom stereocenters. The van der Waals surface area contributed by atoms with Gasteiger partial charge in [-0.25, -0.2) is 0 Å². The van der Waals surface area contributed by atoms with Crippen molar-refractivity contribution in [2.45, 2.75) is 10.8 Å². The van der Waals surface area contributed by atoms with E-state index in [0.717, 1.165) is 11.3 Å². The molecule has 0 atom stereocenters. The maximum absolute atomic E-state index is 13.0. The van der Waals surface area contributed by atoms with Crippen molar-refractivity contribution in [1.82, 2.24) is 4.90 Å². The normalized spacial score (nSPS) is 10.5. The average molecular weight is 448 g/mol. The minimum Gasteiger partial charge on any atom is -0.493 e. The summed E-state index contributed by atoms with van der Waals surface area (Å²) in [5.41, 5.74) is 1.46. The van der Waals surface area contributed by atoms with Crippen LogP contribution >= 0.6 is 34.4 Å². The number of carbonyl (C=O) groups is 2. The van der Waals surface area contributed by atoms with Gasteiger partial charge in [0.1, 0.15) is 12.3 Å². The number of rotatable bonds is 10. The number of benzene rings is 1. The molecule has 1 amide bonds. The fourth-order valence-corrected chi connectivity index (χ4v) is 4.91. The molecule has 152 valence electrons. The third-order valence-corrected chi connectivity index (χ3v) is 6.79. The van der Waals surface area contributed by atoms with Crippen LogP contribution in [0.25, 0.3) is 0 Å². The smallest absolute Gasteiger partial charge is 0.325 e. The number of methoxy groups -OCH3 is 1. The Morgan fingerprint density at radius 1 is 1.14 bits per heavy atom. The number of esters is 1. The number of hydrogen-bond acceptors (Lipinski definition) is 7. The topological polar surface area (TPSA) is 55.8 Å². The number of carbonyl (C=O) groups excluding carboxylic acids is 2. The van der Waals surface area contributed by atoms with Crippen molar-refractivity contribution in [2.75, 3.05) is 26.0 Å². The van der Waals surface area contributed by atoms with E-state index in [1.54, 1.807) is 52.6 Å². The van der Waals surface area contributed by atoms with Crippen LogP contribution in [-0.2, 0) is 16.1 Å². The van der Waals surface area contributed by atoms with E-state index >= 15 is 0 Å². The monoisotopic (exact) mass is 447 g/mol. The van der Waals surface area contributed by atoms with Crippen LogP contribution < -0.4 is 4.74 Å². The molecule has 8 heteroatoms. The summed E-state index contributed by atoms with van der Waals surface area (Å²) in [4.78, 5) is 26.3. The largest absolute Gasteiger partial charge is 0.493 e. The second-order valence-corrected chi connectivity index (χ2v) is 9.15. The number of thioether (sulfide) groups is 1. The second kappa shape index (κ2) is 11.0. The summed E-state index contributed by atoms with van der Waals surface area (Å²) in [5.74, 6) is 0.772. The lowest BCUT2D eigenvalue weighted by Crippen LogP contribution is -2.35. The lowest BCUT2D eigenvalue weighted by atomic mass is 10.1. The molecule has 3 rings (SSSR count). The van der Waals surface area contributed by atoms with Crippen LogP contribution in [0.4, 0.5) is 0 Å². The molecule has 29 heavy (non-hydrogen) atoms. The first-order valence-corrected chi connectivity index (χ1v) is 11.7. The van der Waals surface area contributed by atoms with Crippen LogP contribution in [0.5, 0.6) is 5.75 Å². The molecule has 0 N–H and O–H groups in total. The van der Waals surface area contributed by atoms with Gasteiger partial charge in [-0.1, -0.05) is 12.1 Å². The van der Waals surface area contributed by atoms with E-state index in [2.05, 4.69) is 11.4 Å². The van der Waals surface area contributed by atoms with E-state index in [9.17, 15) is 9.59 Å². The number of nitrogens with zero attached hydrogens (tertiary/aromatic N) is 1. The lowest BCUT2D eigenvalue weighted by Gasteiger charge is -2.21. The first kappa shape index (κ1) is 21.4. The Kier molecular flexibility index (Phi) is 8.15. The van der Waals surface area contributed by atoms with Gasteiger partial charge in [0.25, 0.3) is 5.91 Å². The molecule has 0 aliphatic heterocycles. The first-order valence-electron chi connectivity index (χ1n) is 8.92. The Morgan fingerprint density at radius 3 is 2.76 bits per heavy atom. The second-order valence-electron chi connectivity index (χ2n) is 6.03. The molecular formula is C21H21NO4S3. The van der Waals surface area contributed by atoms with Gasteiger partial charge in [0, 0.05) is 17.9 Å². The predicted molar refractivity (Wildman–Crippen MR) is 118 cm³/mol. The molecule has 0 aliphatic carbocycles. The van der Waals surface area contributed by atoms with Crippen LogP contribution in [-0.4, -0.2) is 42.8 Å². The van der Waals surface area contributed by atoms with Crippen molar-refractivity contribution < 1.29 is 19.1 Å². The van der Waals surface area contributed by atoms with Gasteiger partial charge in [0.05, 0.1) is 17.9 Å². The summed E-state index contributed by atoms with van der Waals surface area (Å²) in [5, 5.41) is 5.95. The van der Waals surface area contributed by atoms with Gasteiger partial charge in [-0.2, -0.15) is 11.3 Å². The molecule has 5 nitrogen and oxygen atoms in total. The molecule has 0 fully saturated rings. The molecule has 0 radical (unpaired) electrons. The standard InChI is InChI=1S/C21H21NO4S3/c1-25-19(23)14-22(13-16-7-10-27-15-16)21(24)17-4-2-5-18(12-17)26-8-11-29-20-6-3-9-28-20/h2-7,9-10,12,15H,8,11,13-14H2,1H3. The maximum Gasteiger partial charge on any atom is 0.325 e. The lowest BCUT2D eigenvalue weighted by molar-refractivity contribution is -0.141. The van der Waals surface area contributed by atoms with Crippen LogP contribution in [0.2, 0.25) is 0 Å². The fraction of sp³-hybridized carbons (Fsp3) is 0.238. The highest BCUT2D eigenvalue weighted by Gasteiger charge is 2.20. The van der Waals surface area contributed by atoms with E-state index in [1.807, 2.05) is 29.0 Å². The molecule has 0 bridgehead atoms. The fourth-order valence-electron chi connectivity index (χ4n) is 2.57. The molecule has 0 aliphatic rings. The first-order chi connectivity index (χ1) is 14.2. The van der Waals surface area contributed by atoms with Gasteiger partial charge in [-0.05, 0) is 52.0 Å². The third kappa shape index (κ3) is 6.62. The van der Waals surface area contributed by atoms with E-state index in [4.69, 9.17) is 9.47 Å². The molecular weight excluding hydrogens is 426 g/mol. The van der Waals surface area contributed by atoms with Crippen molar-refractivity contribution in [3.05, 3.63) is 69.7 Å². The van der Waals surface area contributed by atoms with Gasteiger partial charge in [0.15, 0.2) is 0 Å². The van der Waals surface area contributed by atoms with Crippen molar-refractivity contribution in [1.29, 1.82) is 0 Å². The summed E-state index contributed by atoms with van der Waals surface area (Å²) in [7, 11) is 1.32. The molecule has 3 aromatic rings. The summed E-state index contributed by atoms with van der Waals surface area (Å²) < 4.78 is 11.8. The Morgan fingerprint density at radius 2 is 2.03 bits per heavy atom. The summed E-state index contributed by atoms with van der Waals surface area (Å²) in [6, 6.07) is 13.1. The Bertz CT molecular complexity index is 910. The number of amides is 1. The van der Waals surface area contributed by atoms with Crippen molar-refractivity contribution >= 4 is 46.3 Å². The predicted octanol–water partition coefficient (Wildman–Crippen LogP) is 4.80. The molecule has 1 aromatic carbocycles.